The summed E-state index contributed by atoms with van der Waals surface area (Å²) in [4.78, 5) is 18.0. The Labute approximate surface area is 233 Å². The minimum absolute atomic E-state index is 0.359. The van der Waals surface area contributed by atoms with E-state index >= 15 is 0 Å². The van der Waals surface area contributed by atoms with E-state index in [1.165, 1.54) is 0 Å². The summed E-state index contributed by atoms with van der Waals surface area (Å²) in [5.74, 6) is 0.713. The average Bonchev–Trinajstić information content (AvgIpc) is 3.44. The van der Waals surface area contributed by atoms with Crippen molar-refractivity contribution in [2.24, 2.45) is 0 Å². The highest BCUT2D eigenvalue weighted by Gasteiger charge is 2.18. The molecule has 0 atom stereocenters. The summed E-state index contributed by atoms with van der Waals surface area (Å²) in [6.07, 6.45) is 3.90. The minimum Gasteiger partial charge on any atom is -0.493 e. The van der Waals surface area contributed by atoms with Crippen molar-refractivity contribution in [2.75, 3.05) is 6.61 Å². The van der Waals surface area contributed by atoms with E-state index in [4.69, 9.17) is 14.1 Å². The molecule has 40 heavy (non-hydrogen) atoms. The maximum absolute atomic E-state index is 13.2. The topological polar surface area (TPSA) is 57.3 Å². The van der Waals surface area contributed by atoms with Gasteiger partial charge < -0.3 is 9.15 Å². The van der Waals surface area contributed by atoms with E-state index in [1.807, 2.05) is 86.0 Å². The van der Waals surface area contributed by atoms with E-state index < -0.39 is 0 Å². The number of hydrogen-bond donors (Lipinski definition) is 0. The van der Waals surface area contributed by atoms with Gasteiger partial charge in [0, 0.05) is 28.3 Å². The maximum Gasteiger partial charge on any atom is 0.344 e. The molecule has 0 saturated carbocycles. The minimum atomic E-state index is -0.359. The van der Waals surface area contributed by atoms with Gasteiger partial charge in [-0.25, -0.2) is 9.78 Å². The highest BCUT2D eigenvalue weighted by Crippen LogP contribution is 2.34. The summed E-state index contributed by atoms with van der Waals surface area (Å²) in [5.41, 5.74) is 7.46. The third-order valence-electron chi connectivity index (χ3n) is 7.20. The van der Waals surface area contributed by atoms with Crippen LogP contribution in [-0.4, -0.2) is 16.2 Å². The molecule has 0 unspecified atom stereocenters. The zero-order valence-electron chi connectivity index (χ0n) is 22.6. The van der Waals surface area contributed by atoms with Gasteiger partial charge in [0.25, 0.3) is 0 Å². The smallest absolute Gasteiger partial charge is 0.344 e. The van der Waals surface area contributed by atoms with Crippen LogP contribution < -0.4 is 10.4 Å². The van der Waals surface area contributed by atoms with E-state index in [1.54, 1.807) is 6.07 Å². The number of imidazole rings is 1. The zero-order chi connectivity index (χ0) is 27.5. The first kappa shape index (κ1) is 25.4. The molecule has 0 fully saturated rings. The fourth-order valence-electron chi connectivity index (χ4n) is 5.11. The number of aromatic nitrogens is 2. The normalized spacial score (nSPS) is 11.2. The molecular formula is C35H30N2O3. The number of benzene rings is 4. The summed E-state index contributed by atoms with van der Waals surface area (Å²) < 4.78 is 13.7. The molecule has 6 rings (SSSR count). The lowest BCUT2D eigenvalue weighted by Crippen LogP contribution is -2.06. The lowest BCUT2D eigenvalue weighted by atomic mass is 9.99. The second-order valence-electron chi connectivity index (χ2n) is 9.84. The molecule has 0 amide bonds. The Balaban J connectivity index is 1.39. The summed E-state index contributed by atoms with van der Waals surface area (Å²) >= 11 is 0. The van der Waals surface area contributed by atoms with E-state index in [0.29, 0.717) is 23.5 Å². The molecular weight excluding hydrogens is 496 g/mol. The predicted molar refractivity (Wildman–Crippen MR) is 161 cm³/mol. The van der Waals surface area contributed by atoms with Crippen LogP contribution in [0, 0.1) is 6.92 Å². The fraction of sp³-hybridized carbons (Fsp3) is 0.143. The van der Waals surface area contributed by atoms with Crippen LogP contribution in [0.3, 0.4) is 0 Å². The quantitative estimate of drug-likeness (QED) is 0.147. The van der Waals surface area contributed by atoms with Crippen molar-refractivity contribution >= 4 is 11.0 Å². The SMILES string of the molecule is CCCCOc1ccc2c(C)c(-c3ccc(-n4cnc(-c5ccccc5)c4-c4ccccc4)cc3)c(=O)oc2c1. The van der Waals surface area contributed by atoms with Crippen LogP contribution in [0.1, 0.15) is 25.3 Å². The van der Waals surface area contributed by atoms with Gasteiger partial charge >= 0.3 is 5.63 Å². The Bertz CT molecular complexity index is 1820. The van der Waals surface area contributed by atoms with Crippen molar-refractivity contribution in [2.45, 2.75) is 26.7 Å². The average molecular weight is 527 g/mol. The molecule has 5 nitrogen and oxygen atoms in total. The molecule has 2 heterocycles. The van der Waals surface area contributed by atoms with Crippen LogP contribution in [0.15, 0.2) is 119 Å². The zero-order valence-corrected chi connectivity index (χ0v) is 22.6. The Morgan fingerprint density at radius 3 is 2.23 bits per heavy atom. The molecule has 4 aromatic carbocycles. The van der Waals surface area contributed by atoms with E-state index in [0.717, 1.165) is 57.6 Å². The molecule has 0 saturated heterocycles. The summed E-state index contributed by atoms with van der Waals surface area (Å²) in [7, 11) is 0. The van der Waals surface area contributed by atoms with E-state index in [9.17, 15) is 4.79 Å². The van der Waals surface area contributed by atoms with Gasteiger partial charge in [0.05, 0.1) is 23.6 Å². The van der Waals surface area contributed by atoms with Gasteiger partial charge in [0.15, 0.2) is 0 Å². The number of hydrogen-bond acceptors (Lipinski definition) is 4. The number of fused-ring (bicyclic) bond motifs is 1. The Kier molecular flexibility index (Phi) is 7.02. The fourth-order valence-corrected chi connectivity index (χ4v) is 5.11. The van der Waals surface area contributed by atoms with Crippen LogP contribution in [-0.2, 0) is 0 Å². The number of ether oxygens (including phenoxy) is 1. The molecule has 0 N–H and O–H groups in total. The highest BCUT2D eigenvalue weighted by atomic mass is 16.5. The molecule has 6 aromatic rings. The molecule has 0 aliphatic carbocycles. The lowest BCUT2D eigenvalue weighted by molar-refractivity contribution is 0.309. The highest BCUT2D eigenvalue weighted by molar-refractivity contribution is 5.87. The van der Waals surface area contributed by atoms with Crippen molar-refractivity contribution in [1.29, 1.82) is 0 Å². The molecule has 0 radical (unpaired) electrons. The summed E-state index contributed by atoms with van der Waals surface area (Å²) in [5, 5.41) is 0.898. The number of rotatable bonds is 8. The third kappa shape index (κ3) is 4.82. The monoisotopic (exact) mass is 526 g/mol. The number of nitrogens with zero attached hydrogens (tertiary/aromatic N) is 2. The standard InChI is InChI=1S/C35H30N2O3/c1-3-4-21-39-29-19-20-30-24(2)32(35(38)40-31(30)22-29)25-15-17-28(18-16-25)37-23-36-33(26-11-7-5-8-12-26)34(37)27-13-9-6-10-14-27/h5-20,22-23H,3-4,21H2,1-2H3. The van der Waals surface area contributed by atoms with Crippen molar-refractivity contribution < 1.29 is 9.15 Å². The summed E-state index contributed by atoms with van der Waals surface area (Å²) in [6, 6.07) is 34.2. The van der Waals surface area contributed by atoms with Crippen molar-refractivity contribution in [3.05, 3.63) is 125 Å². The van der Waals surface area contributed by atoms with Crippen LogP contribution in [0.5, 0.6) is 5.75 Å². The first-order valence-electron chi connectivity index (χ1n) is 13.6. The molecule has 2 aromatic heterocycles. The largest absolute Gasteiger partial charge is 0.493 e. The van der Waals surface area contributed by atoms with Crippen LogP contribution in [0.2, 0.25) is 0 Å². The van der Waals surface area contributed by atoms with Crippen molar-refractivity contribution in [3.8, 4) is 45.1 Å². The molecule has 0 aliphatic heterocycles. The van der Waals surface area contributed by atoms with Gasteiger partial charge in [-0.3, -0.25) is 4.57 Å². The molecule has 0 bridgehead atoms. The van der Waals surface area contributed by atoms with Gasteiger partial charge in [-0.05, 0) is 48.7 Å². The van der Waals surface area contributed by atoms with Crippen LogP contribution in [0.25, 0.3) is 50.3 Å². The van der Waals surface area contributed by atoms with E-state index in [2.05, 4.69) is 35.8 Å². The van der Waals surface area contributed by atoms with Crippen LogP contribution in [0.4, 0.5) is 0 Å². The van der Waals surface area contributed by atoms with Crippen molar-refractivity contribution in [3.63, 3.8) is 0 Å². The Morgan fingerprint density at radius 2 is 1.52 bits per heavy atom. The Morgan fingerprint density at radius 1 is 0.825 bits per heavy atom. The van der Waals surface area contributed by atoms with Crippen molar-refractivity contribution in [1.82, 2.24) is 9.55 Å². The maximum atomic E-state index is 13.2. The molecule has 0 spiro atoms. The first-order chi connectivity index (χ1) is 19.6. The van der Waals surface area contributed by atoms with Gasteiger partial charge in [-0.15, -0.1) is 0 Å². The lowest BCUT2D eigenvalue weighted by Gasteiger charge is -2.13. The first-order valence-corrected chi connectivity index (χ1v) is 13.6. The van der Waals surface area contributed by atoms with Gasteiger partial charge in [0.1, 0.15) is 17.7 Å². The van der Waals surface area contributed by atoms with Crippen LogP contribution >= 0.6 is 0 Å². The molecule has 5 heteroatoms. The third-order valence-corrected chi connectivity index (χ3v) is 7.20. The van der Waals surface area contributed by atoms with E-state index in [-0.39, 0.29) is 5.63 Å². The van der Waals surface area contributed by atoms with Gasteiger partial charge in [-0.1, -0.05) is 86.1 Å². The molecule has 198 valence electrons. The second kappa shape index (κ2) is 11.1. The van der Waals surface area contributed by atoms with Gasteiger partial charge in [0.2, 0.25) is 0 Å². The number of unbranched alkanes of at least 4 members (excludes halogenated alkanes) is 1. The second-order valence-corrected chi connectivity index (χ2v) is 9.84. The number of aryl methyl sites for hydroxylation is 1. The summed E-state index contributed by atoms with van der Waals surface area (Å²) in [6.45, 7) is 4.74. The predicted octanol–water partition coefficient (Wildman–Crippen LogP) is 8.47. The Hall–Kier alpha value is -4.90. The van der Waals surface area contributed by atoms with Gasteiger partial charge in [-0.2, -0.15) is 0 Å². The molecule has 0 aliphatic rings.